The zero-order chi connectivity index (χ0) is 43.7. The molecule has 0 aromatic rings. The van der Waals surface area contributed by atoms with Gasteiger partial charge in [0.05, 0.1) is 0 Å². The molecule has 0 saturated heterocycles. The molecule has 0 fully saturated rings. The van der Waals surface area contributed by atoms with Gasteiger partial charge in [-0.25, -0.2) is 0 Å². The van der Waals surface area contributed by atoms with Crippen LogP contribution in [0.3, 0.4) is 0 Å². The predicted octanol–water partition coefficient (Wildman–Crippen LogP) is 16.7. The first-order valence-electron chi connectivity index (χ1n) is 25.6. The van der Waals surface area contributed by atoms with E-state index in [0.717, 1.165) is 89.9 Å². The molecule has 0 unspecified atom stereocenters. The Kier molecular flexibility index (Phi) is 46.9. The summed E-state index contributed by atoms with van der Waals surface area (Å²) in [7, 11) is 0. The summed E-state index contributed by atoms with van der Waals surface area (Å²) in [6, 6.07) is 0. The summed E-state index contributed by atoms with van der Waals surface area (Å²) >= 11 is 0. The number of carbonyl (C=O) groups excluding carboxylic acids is 3. The van der Waals surface area contributed by atoms with Gasteiger partial charge in [0, 0.05) is 19.3 Å². The Labute approximate surface area is 371 Å². The van der Waals surface area contributed by atoms with Gasteiger partial charge < -0.3 is 14.2 Å². The quantitative estimate of drug-likeness (QED) is 0.0263. The Bertz CT molecular complexity index is 1060. The Morgan fingerprint density at radius 2 is 0.617 bits per heavy atom. The van der Waals surface area contributed by atoms with Gasteiger partial charge >= 0.3 is 17.9 Å². The van der Waals surface area contributed by atoms with Gasteiger partial charge in [0.1, 0.15) is 13.2 Å². The second kappa shape index (κ2) is 49.0. The van der Waals surface area contributed by atoms with E-state index in [1.807, 2.05) is 0 Å². The molecule has 0 aliphatic heterocycles. The third-order valence-corrected chi connectivity index (χ3v) is 11.0. The van der Waals surface area contributed by atoms with Crippen LogP contribution in [-0.2, 0) is 28.6 Å². The number of carbonyl (C=O) groups is 3. The molecule has 0 radical (unpaired) electrons. The van der Waals surface area contributed by atoms with Gasteiger partial charge in [-0.2, -0.15) is 0 Å². The van der Waals surface area contributed by atoms with Crippen LogP contribution < -0.4 is 0 Å². The van der Waals surface area contributed by atoms with Crippen LogP contribution in [-0.4, -0.2) is 37.2 Å². The van der Waals surface area contributed by atoms with Gasteiger partial charge in [-0.3, -0.25) is 14.4 Å². The molecule has 0 aromatic heterocycles. The van der Waals surface area contributed by atoms with Crippen LogP contribution in [0.2, 0.25) is 0 Å². The van der Waals surface area contributed by atoms with E-state index in [1.54, 1.807) is 0 Å². The van der Waals surface area contributed by atoms with Crippen molar-refractivity contribution >= 4 is 17.9 Å². The van der Waals surface area contributed by atoms with Gasteiger partial charge in [-0.05, 0) is 96.3 Å². The number of hydrogen-bond acceptors (Lipinski definition) is 6. The van der Waals surface area contributed by atoms with Crippen molar-refractivity contribution in [3.8, 4) is 0 Å². The van der Waals surface area contributed by atoms with Crippen molar-refractivity contribution in [3.05, 3.63) is 48.6 Å². The molecule has 6 heteroatoms. The number of ether oxygens (including phenoxy) is 3. The molecular formula is C54H96O6. The fourth-order valence-electron chi connectivity index (χ4n) is 7.09. The fraction of sp³-hybridized carbons (Fsp3) is 0.796. The third kappa shape index (κ3) is 46.4. The summed E-state index contributed by atoms with van der Waals surface area (Å²) in [5.41, 5.74) is 0. The lowest BCUT2D eigenvalue weighted by molar-refractivity contribution is -0.167. The van der Waals surface area contributed by atoms with Crippen molar-refractivity contribution in [2.24, 2.45) is 0 Å². The summed E-state index contributed by atoms with van der Waals surface area (Å²) in [5, 5.41) is 0. The Balaban J connectivity index is 4.41. The molecule has 0 aliphatic carbocycles. The van der Waals surface area contributed by atoms with E-state index < -0.39 is 6.10 Å². The molecule has 0 saturated carbocycles. The highest BCUT2D eigenvalue weighted by Gasteiger charge is 2.19. The minimum absolute atomic E-state index is 0.0831. The lowest BCUT2D eigenvalue weighted by Gasteiger charge is -2.18. The van der Waals surface area contributed by atoms with E-state index in [1.165, 1.54) is 128 Å². The molecule has 0 heterocycles. The molecule has 1 atom stereocenters. The van der Waals surface area contributed by atoms with Gasteiger partial charge in [-0.1, -0.05) is 191 Å². The van der Waals surface area contributed by atoms with Crippen molar-refractivity contribution in [1.82, 2.24) is 0 Å². The number of rotatable bonds is 46. The fourth-order valence-corrected chi connectivity index (χ4v) is 7.09. The van der Waals surface area contributed by atoms with Crippen LogP contribution in [0.15, 0.2) is 48.6 Å². The number of unbranched alkanes of at least 4 members (excludes halogenated alkanes) is 27. The Hall–Kier alpha value is -2.63. The maximum absolute atomic E-state index is 12.8. The second-order valence-electron chi connectivity index (χ2n) is 17.1. The largest absolute Gasteiger partial charge is 0.462 e. The van der Waals surface area contributed by atoms with E-state index in [0.29, 0.717) is 19.3 Å². The topological polar surface area (TPSA) is 78.9 Å². The highest BCUT2D eigenvalue weighted by molar-refractivity contribution is 5.71. The number of hydrogen-bond donors (Lipinski definition) is 0. The van der Waals surface area contributed by atoms with Gasteiger partial charge in [0.15, 0.2) is 6.10 Å². The molecular weight excluding hydrogens is 745 g/mol. The monoisotopic (exact) mass is 841 g/mol. The van der Waals surface area contributed by atoms with Crippen molar-refractivity contribution < 1.29 is 28.6 Å². The molecule has 0 bridgehead atoms. The van der Waals surface area contributed by atoms with E-state index in [-0.39, 0.29) is 31.1 Å². The first-order chi connectivity index (χ1) is 29.5. The van der Waals surface area contributed by atoms with Crippen LogP contribution in [0.4, 0.5) is 0 Å². The van der Waals surface area contributed by atoms with E-state index in [9.17, 15) is 14.4 Å². The zero-order valence-electron chi connectivity index (χ0n) is 39.7. The van der Waals surface area contributed by atoms with Crippen LogP contribution in [0.25, 0.3) is 0 Å². The average molecular weight is 841 g/mol. The smallest absolute Gasteiger partial charge is 0.306 e. The third-order valence-electron chi connectivity index (χ3n) is 11.0. The van der Waals surface area contributed by atoms with Crippen molar-refractivity contribution in [3.63, 3.8) is 0 Å². The van der Waals surface area contributed by atoms with Crippen LogP contribution in [0.5, 0.6) is 0 Å². The molecule has 0 amide bonds. The predicted molar refractivity (Wildman–Crippen MR) is 256 cm³/mol. The molecule has 0 N–H and O–H groups in total. The van der Waals surface area contributed by atoms with E-state index in [4.69, 9.17) is 14.2 Å². The molecule has 348 valence electrons. The molecule has 0 aromatic carbocycles. The maximum atomic E-state index is 12.8. The summed E-state index contributed by atoms with van der Waals surface area (Å²) in [5.74, 6) is -0.905. The second-order valence-corrected chi connectivity index (χ2v) is 17.1. The lowest BCUT2D eigenvalue weighted by Crippen LogP contribution is -2.30. The van der Waals surface area contributed by atoms with Crippen molar-refractivity contribution in [2.45, 2.75) is 264 Å². The van der Waals surface area contributed by atoms with Crippen LogP contribution in [0.1, 0.15) is 258 Å². The lowest BCUT2D eigenvalue weighted by atomic mass is 10.1. The normalized spacial score (nSPS) is 12.4. The van der Waals surface area contributed by atoms with Crippen LogP contribution >= 0.6 is 0 Å². The van der Waals surface area contributed by atoms with Gasteiger partial charge in [0.25, 0.3) is 0 Å². The Morgan fingerprint density at radius 1 is 0.333 bits per heavy atom. The number of esters is 3. The van der Waals surface area contributed by atoms with Crippen molar-refractivity contribution in [1.29, 1.82) is 0 Å². The van der Waals surface area contributed by atoms with Crippen molar-refractivity contribution in [2.75, 3.05) is 13.2 Å². The molecule has 6 nitrogen and oxygen atoms in total. The average Bonchev–Trinajstić information content (AvgIpc) is 3.24. The first-order valence-corrected chi connectivity index (χ1v) is 25.6. The summed E-state index contributed by atoms with van der Waals surface area (Å²) in [4.78, 5) is 37.9. The van der Waals surface area contributed by atoms with Crippen LogP contribution in [0, 0.1) is 0 Å². The molecule has 0 rings (SSSR count). The molecule has 0 spiro atoms. The summed E-state index contributed by atoms with van der Waals surface area (Å²) < 4.78 is 16.8. The maximum Gasteiger partial charge on any atom is 0.306 e. The van der Waals surface area contributed by atoms with Gasteiger partial charge in [-0.15, -0.1) is 0 Å². The minimum atomic E-state index is -0.783. The highest BCUT2D eigenvalue weighted by atomic mass is 16.6. The van der Waals surface area contributed by atoms with E-state index >= 15 is 0 Å². The summed E-state index contributed by atoms with van der Waals surface area (Å²) in [6.45, 7) is 6.55. The van der Waals surface area contributed by atoms with E-state index in [2.05, 4.69) is 69.4 Å². The summed E-state index contributed by atoms with van der Waals surface area (Å²) in [6.07, 6.45) is 58.0. The zero-order valence-corrected chi connectivity index (χ0v) is 39.7. The standard InChI is InChI=1S/C54H96O6/c1-4-7-10-13-16-19-22-25-27-30-32-35-38-41-44-47-53(56)59-50-51(49-58-52(55)46-43-40-37-34-31-28-24-21-18-15-12-9-6-3)60-54(57)48-45-42-39-36-33-29-26-23-20-17-14-11-8-5-2/h14,17,19,21-24,26,51H,4-13,15-16,18,20,25,27-50H2,1-3H3/b17-14+,22-19+,24-21+,26-23+/t51-/m1/s1. The SMILES string of the molecule is CCCC/C=C/C/C=C/CCCCCCCC(=O)O[C@H](COC(=O)CCCCCCC/C=C/CCCCCC)COC(=O)CCCCCCCCC/C=C/CCCCCC. The minimum Gasteiger partial charge on any atom is -0.462 e. The molecule has 60 heavy (non-hydrogen) atoms. The molecule has 0 aliphatic rings. The first kappa shape index (κ1) is 57.4. The highest BCUT2D eigenvalue weighted by Crippen LogP contribution is 2.14. The Morgan fingerprint density at radius 3 is 0.983 bits per heavy atom. The number of allylic oxidation sites excluding steroid dienone is 8. The van der Waals surface area contributed by atoms with Gasteiger partial charge in [0.2, 0.25) is 0 Å².